The van der Waals surface area contributed by atoms with Gasteiger partial charge in [0.15, 0.2) is 5.78 Å². The predicted molar refractivity (Wildman–Crippen MR) is 72.0 cm³/mol. The molecule has 0 aliphatic carbocycles. The van der Waals surface area contributed by atoms with E-state index in [-0.39, 0.29) is 11.9 Å². The van der Waals surface area contributed by atoms with Gasteiger partial charge < -0.3 is 9.47 Å². The van der Waals surface area contributed by atoms with Crippen LogP contribution < -0.4 is 0 Å². The van der Waals surface area contributed by atoms with Gasteiger partial charge in [0.1, 0.15) is 6.10 Å². The first-order valence-electron chi connectivity index (χ1n) is 6.38. The standard InChI is InChI=1S/C15H22O3/c1-5-17-10-12(3)18-13(4)15(16)14-8-6-11(2)7-9-14/h6-9,12-13H,5,10H2,1-4H3. The molecule has 100 valence electrons. The zero-order valence-electron chi connectivity index (χ0n) is 11.6. The molecule has 0 saturated carbocycles. The lowest BCUT2D eigenvalue weighted by molar-refractivity contribution is -0.0296. The summed E-state index contributed by atoms with van der Waals surface area (Å²) in [6.45, 7) is 8.81. The Bertz CT molecular complexity index is 370. The fourth-order valence-corrected chi connectivity index (χ4v) is 1.69. The summed E-state index contributed by atoms with van der Waals surface area (Å²) in [4.78, 5) is 12.1. The van der Waals surface area contributed by atoms with Crippen LogP contribution in [0.5, 0.6) is 0 Å². The number of ether oxygens (including phenoxy) is 2. The molecule has 0 bridgehead atoms. The molecule has 1 aromatic carbocycles. The van der Waals surface area contributed by atoms with E-state index in [1.165, 1.54) is 0 Å². The van der Waals surface area contributed by atoms with Crippen LogP contribution in [0, 0.1) is 6.92 Å². The number of aryl methyl sites for hydroxylation is 1. The molecule has 0 heterocycles. The van der Waals surface area contributed by atoms with Gasteiger partial charge in [-0.1, -0.05) is 29.8 Å². The molecule has 3 nitrogen and oxygen atoms in total. The van der Waals surface area contributed by atoms with Crippen LogP contribution in [0.4, 0.5) is 0 Å². The molecular weight excluding hydrogens is 228 g/mol. The van der Waals surface area contributed by atoms with Crippen molar-refractivity contribution in [2.75, 3.05) is 13.2 Å². The molecule has 1 aromatic rings. The number of benzene rings is 1. The third-order valence-electron chi connectivity index (χ3n) is 2.70. The molecule has 0 aromatic heterocycles. The Hall–Kier alpha value is -1.19. The van der Waals surface area contributed by atoms with Gasteiger partial charge in [-0.05, 0) is 27.7 Å². The Morgan fingerprint density at radius 2 is 1.83 bits per heavy atom. The van der Waals surface area contributed by atoms with Crippen molar-refractivity contribution in [1.82, 2.24) is 0 Å². The van der Waals surface area contributed by atoms with Crippen molar-refractivity contribution in [3.63, 3.8) is 0 Å². The van der Waals surface area contributed by atoms with Gasteiger partial charge in [0.25, 0.3) is 0 Å². The van der Waals surface area contributed by atoms with Gasteiger partial charge in [-0.15, -0.1) is 0 Å². The van der Waals surface area contributed by atoms with Gasteiger partial charge in [0, 0.05) is 12.2 Å². The van der Waals surface area contributed by atoms with E-state index >= 15 is 0 Å². The quantitative estimate of drug-likeness (QED) is 0.698. The van der Waals surface area contributed by atoms with Crippen LogP contribution in [0.3, 0.4) is 0 Å². The van der Waals surface area contributed by atoms with Gasteiger partial charge in [0.05, 0.1) is 12.7 Å². The molecule has 0 spiro atoms. The summed E-state index contributed by atoms with van der Waals surface area (Å²) in [6.07, 6.45) is -0.516. The van der Waals surface area contributed by atoms with E-state index < -0.39 is 6.10 Å². The molecular formula is C15H22O3. The minimum Gasteiger partial charge on any atom is -0.379 e. The SMILES string of the molecule is CCOCC(C)OC(C)C(=O)c1ccc(C)cc1. The van der Waals surface area contributed by atoms with Gasteiger partial charge in [0.2, 0.25) is 0 Å². The highest BCUT2D eigenvalue weighted by molar-refractivity contribution is 5.99. The molecule has 2 atom stereocenters. The maximum Gasteiger partial charge on any atom is 0.191 e. The van der Waals surface area contributed by atoms with E-state index in [9.17, 15) is 4.79 Å². The minimum absolute atomic E-state index is 0.0124. The average molecular weight is 250 g/mol. The lowest BCUT2D eigenvalue weighted by atomic mass is 10.1. The molecule has 1 rings (SSSR count). The van der Waals surface area contributed by atoms with E-state index in [1.807, 2.05) is 45.0 Å². The smallest absolute Gasteiger partial charge is 0.191 e. The van der Waals surface area contributed by atoms with Crippen molar-refractivity contribution in [3.05, 3.63) is 35.4 Å². The molecule has 0 N–H and O–H groups in total. The van der Waals surface area contributed by atoms with E-state index in [0.29, 0.717) is 18.8 Å². The first kappa shape index (κ1) is 14.9. The zero-order valence-corrected chi connectivity index (χ0v) is 11.6. The Kier molecular flexibility index (Phi) is 6.02. The normalized spacial score (nSPS) is 14.2. The van der Waals surface area contributed by atoms with Crippen molar-refractivity contribution in [3.8, 4) is 0 Å². The van der Waals surface area contributed by atoms with Crippen molar-refractivity contribution >= 4 is 5.78 Å². The third-order valence-corrected chi connectivity index (χ3v) is 2.70. The summed E-state index contributed by atoms with van der Waals surface area (Å²) in [5, 5.41) is 0. The summed E-state index contributed by atoms with van der Waals surface area (Å²) < 4.78 is 10.9. The van der Waals surface area contributed by atoms with Crippen LogP contribution in [-0.2, 0) is 9.47 Å². The number of Topliss-reactive ketones (excluding diaryl/α,β-unsaturated/α-hetero) is 1. The Morgan fingerprint density at radius 1 is 1.22 bits per heavy atom. The summed E-state index contributed by atoms with van der Waals surface area (Å²) >= 11 is 0. The average Bonchev–Trinajstić information content (AvgIpc) is 2.36. The van der Waals surface area contributed by atoms with Crippen LogP contribution in [0.1, 0.15) is 36.7 Å². The maximum atomic E-state index is 12.1. The van der Waals surface area contributed by atoms with Crippen LogP contribution in [-0.4, -0.2) is 31.2 Å². The molecule has 0 amide bonds. The van der Waals surface area contributed by atoms with Crippen molar-refractivity contribution < 1.29 is 14.3 Å². The van der Waals surface area contributed by atoms with E-state index in [0.717, 1.165) is 5.56 Å². The lowest BCUT2D eigenvalue weighted by Gasteiger charge is -2.18. The third kappa shape index (κ3) is 4.59. The lowest BCUT2D eigenvalue weighted by Crippen LogP contribution is -2.28. The monoisotopic (exact) mass is 250 g/mol. The largest absolute Gasteiger partial charge is 0.379 e. The first-order valence-corrected chi connectivity index (χ1v) is 6.38. The van der Waals surface area contributed by atoms with Gasteiger partial charge in [-0.25, -0.2) is 0 Å². The van der Waals surface area contributed by atoms with Crippen LogP contribution in [0.2, 0.25) is 0 Å². The predicted octanol–water partition coefficient (Wildman–Crippen LogP) is 3.01. The fraction of sp³-hybridized carbons (Fsp3) is 0.533. The Balaban J connectivity index is 2.53. The second kappa shape index (κ2) is 7.29. The van der Waals surface area contributed by atoms with Gasteiger partial charge in [-0.3, -0.25) is 4.79 Å². The molecule has 3 heteroatoms. The highest BCUT2D eigenvalue weighted by Crippen LogP contribution is 2.10. The fourth-order valence-electron chi connectivity index (χ4n) is 1.69. The Morgan fingerprint density at radius 3 is 2.39 bits per heavy atom. The molecule has 2 unspecified atom stereocenters. The highest BCUT2D eigenvalue weighted by atomic mass is 16.5. The number of ketones is 1. The number of hydrogen-bond donors (Lipinski definition) is 0. The van der Waals surface area contributed by atoms with Crippen LogP contribution in [0.15, 0.2) is 24.3 Å². The topological polar surface area (TPSA) is 35.5 Å². The zero-order chi connectivity index (χ0) is 13.5. The Labute approximate surface area is 109 Å². The maximum absolute atomic E-state index is 12.1. The van der Waals surface area contributed by atoms with Crippen molar-refractivity contribution in [2.24, 2.45) is 0 Å². The number of hydrogen-bond acceptors (Lipinski definition) is 3. The summed E-state index contributed by atoms with van der Waals surface area (Å²) in [5.41, 5.74) is 1.83. The summed E-state index contributed by atoms with van der Waals surface area (Å²) in [6, 6.07) is 7.54. The number of carbonyl (C=O) groups excluding carboxylic acids is 1. The molecule has 0 saturated heterocycles. The molecule has 0 radical (unpaired) electrons. The van der Waals surface area contributed by atoms with E-state index in [4.69, 9.17) is 9.47 Å². The first-order chi connectivity index (χ1) is 8.54. The van der Waals surface area contributed by atoms with Gasteiger partial charge in [-0.2, -0.15) is 0 Å². The minimum atomic E-state index is -0.442. The second-order valence-corrected chi connectivity index (χ2v) is 4.48. The van der Waals surface area contributed by atoms with Crippen molar-refractivity contribution in [2.45, 2.75) is 39.9 Å². The van der Waals surface area contributed by atoms with E-state index in [2.05, 4.69) is 0 Å². The number of carbonyl (C=O) groups is 1. The molecule has 0 aliphatic heterocycles. The van der Waals surface area contributed by atoms with E-state index in [1.54, 1.807) is 6.92 Å². The summed E-state index contributed by atoms with van der Waals surface area (Å²) in [5.74, 6) is 0.0124. The van der Waals surface area contributed by atoms with Crippen molar-refractivity contribution in [1.29, 1.82) is 0 Å². The molecule has 18 heavy (non-hydrogen) atoms. The second-order valence-electron chi connectivity index (χ2n) is 4.48. The van der Waals surface area contributed by atoms with Gasteiger partial charge >= 0.3 is 0 Å². The van der Waals surface area contributed by atoms with Crippen LogP contribution >= 0.6 is 0 Å². The summed E-state index contributed by atoms with van der Waals surface area (Å²) in [7, 11) is 0. The number of rotatable bonds is 7. The highest BCUT2D eigenvalue weighted by Gasteiger charge is 2.18. The molecule has 0 fully saturated rings. The van der Waals surface area contributed by atoms with Crippen LogP contribution in [0.25, 0.3) is 0 Å². The molecule has 0 aliphatic rings.